The molecule has 0 radical (unpaired) electrons. The molecule has 0 unspecified atom stereocenters. The van der Waals surface area contributed by atoms with E-state index < -0.39 is 0 Å². The number of hydrogen-bond acceptors (Lipinski definition) is 2. The van der Waals surface area contributed by atoms with Gasteiger partial charge in [0, 0.05) is 13.1 Å². The molecule has 0 aliphatic rings. The fourth-order valence-corrected chi connectivity index (χ4v) is 1.88. The summed E-state index contributed by atoms with van der Waals surface area (Å²) in [6.45, 7) is 11.5. The maximum absolute atomic E-state index is 5.55. The molecule has 1 rings (SSSR count). The van der Waals surface area contributed by atoms with Gasteiger partial charge < -0.3 is 15.4 Å². The first-order chi connectivity index (χ1) is 9.71. The van der Waals surface area contributed by atoms with Gasteiger partial charge in [0.1, 0.15) is 5.75 Å². The summed E-state index contributed by atoms with van der Waals surface area (Å²) in [5.74, 6) is 1.83. The van der Waals surface area contributed by atoms with Crippen molar-refractivity contribution in [2.24, 2.45) is 4.99 Å². The van der Waals surface area contributed by atoms with Gasteiger partial charge in [-0.3, -0.25) is 0 Å². The van der Waals surface area contributed by atoms with E-state index in [0.29, 0.717) is 13.2 Å². The van der Waals surface area contributed by atoms with Crippen molar-refractivity contribution in [3.8, 4) is 5.75 Å². The number of aryl methyl sites for hydroxylation is 1. The van der Waals surface area contributed by atoms with E-state index in [2.05, 4.69) is 48.5 Å². The molecular weight excluding hydrogens is 250 g/mol. The van der Waals surface area contributed by atoms with Gasteiger partial charge in [0.25, 0.3) is 0 Å². The van der Waals surface area contributed by atoms with E-state index in [-0.39, 0.29) is 0 Å². The summed E-state index contributed by atoms with van der Waals surface area (Å²) >= 11 is 0. The van der Waals surface area contributed by atoms with E-state index in [0.717, 1.165) is 36.8 Å². The Balaban J connectivity index is 2.68. The molecular formula is C16H27N3O. The van der Waals surface area contributed by atoms with Gasteiger partial charge in [-0.25, -0.2) is 4.99 Å². The number of benzene rings is 1. The standard InChI is InChI=1S/C16H27N3O/c1-5-10-18-16(17-6-2)19-12-14-8-9-15(20-7-3)13(4)11-14/h8-9,11H,5-7,10,12H2,1-4H3,(H2,17,18,19). The van der Waals surface area contributed by atoms with E-state index in [1.807, 2.05) is 13.0 Å². The lowest BCUT2D eigenvalue weighted by atomic mass is 10.1. The van der Waals surface area contributed by atoms with E-state index in [1.54, 1.807) is 0 Å². The minimum atomic E-state index is 0.673. The van der Waals surface area contributed by atoms with Crippen LogP contribution in [0.3, 0.4) is 0 Å². The first kappa shape index (κ1) is 16.3. The fraction of sp³-hybridized carbons (Fsp3) is 0.562. The molecule has 0 spiro atoms. The number of rotatable bonds is 7. The zero-order valence-corrected chi connectivity index (χ0v) is 13.1. The van der Waals surface area contributed by atoms with Gasteiger partial charge >= 0.3 is 0 Å². The third-order valence-electron chi connectivity index (χ3n) is 2.85. The van der Waals surface area contributed by atoms with Crippen molar-refractivity contribution in [3.63, 3.8) is 0 Å². The number of hydrogen-bond donors (Lipinski definition) is 2. The molecule has 112 valence electrons. The third-order valence-corrected chi connectivity index (χ3v) is 2.85. The highest BCUT2D eigenvalue weighted by Gasteiger charge is 2.01. The summed E-state index contributed by atoms with van der Waals surface area (Å²) in [5, 5.41) is 6.55. The van der Waals surface area contributed by atoms with Gasteiger partial charge in [0.05, 0.1) is 13.2 Å². The molecule has 4 heteroatoms. The zero-order valence-electron chi connectivity index (χ0n) is 13.1. The Bertz CT molecular complexity index is 430. The van der Waals surface area contributed by atoms with Crippen LogP contribution in [0.15, 0.2) is 23.2 Å². The van der Waals surface area contributed by atoms with Crippen molar-refractivity contribution in [1.82, 2.24) is 10.6 Å². The van der Waals surface area contributed by atoms with Crippen LogP contribution in [-0.4, -0.2) is 25.7 Å². The molecule has 1 aromatic carbocycles. The first-order valence-corrected chi connectivity index (χ1v) is 7.45. The molecule has 0 aliphatic heterocycles. The van der Waals surface area contributed by atoms with Crippen LogP contribution >= 0.6 is 0 Å². The normalized spacial score (nSPS) is 11.3. The smallest absolute Gasteiger partial charge is 0.191 e. The quantitative estimate of drug-likeness (QED) is 0.595. The molecule has 0 fully saturated rings. The average Bonchev–Trinajstić information content (AvgIpc) is 2.45. The van der Waals surface area contributed by atoms with Crippen LogP contribution in [0.4, 0.5) is 0 Å². The molecule has 0 aromatic heterocycles. The number of nitrogens with one attached hydrogen (secondary N) is 2. The Morgan fingerprint density at radius 1 is 1.20 bits per heavy atom. The van der Waals surface area contributed by atoms with Crippen molar-refractivity contribution >= 4 is 5.96 Å². The largest absolute Gasteiger partial charge is 0.494 e. The lowest BCUT2D eigenvalue weighted by molar-refractivity contribution is 0.338. The summed E-state index contributed by atoms with van der Waals surface area (Å²) in [6.07, 6.45) is 1.09. The van der Waals surface area contributed by atoms with Crippen LogP contribution in [0.1, 0.15) is 38.3 Å². The molecule has 4 nitrogen and oxygen atoms in total. The lowest BCUT2D eigenvalue weighted by Crippen LogP contribution is -2.37. The summed E-state index contributed by atoms with van der Waals surface area (Å²) in [6, 6.07) is 6.23. The van der Waals surface area contributed by atoms with Crippen molar-refractivity contribution in [2.75, 3.05) is 19.7 Å². The molecule has 0 atom stereocenters. The zero-order chi connectivity index (χ0) is 14.8. The summed E-state index contributed by atoms with van der Waals surface area (Å²) in [4.78, 5) is 4.59. The Labute approximate surface area is 122 Å². The van der Waals surface area contributed by atoms with Gasteiger partial charge in [-0.05, 0) is 44.4 Å². The van der Waals surface area contributed by atoms with Gasteiger partial charge in [-0.2, -0.15) is 0 Å². The second-order valence-corrected chi connectivity index (χ2v) is 4.65. The average molecular weight is 277 g/mol. The Morgan fingerprint density at radius 3 is 2.60 bits per heavy atom. The topological polar surface area (TPSA) is 45.7 Å². The summed E-state index contributed by atoms with van der Waals surface area (Å²) < 4.78 is 5.55. The van der Waals surface area contributed by atoms with Gasteiger partial charge in [0.2, 0.25) is 0 Å². The fourth-order valence-electron chi connectivity index (χ4n) is 1.88. The van der Waals surface area contributed by atoms with Crippen LogP contribution in [-0.2, 0) is 6.54 Å². The SMILES string of the molecule is CCCNC(=NCc1ccc(OCC)c(C)c1)NCC. The predicted molar refractivity (Wildman–Crippen MR) is 85.5 cm³/mol. The molecule has 0 saturated carbocycles. The summed E-state index contributed by atoms with van der Waals surface area (Å²) in [5.41, 5.74) is 2.35. The first-order valence-electron chi connectivity index (χ1n) is 7.45. The maximum atomic E-state index is 5.55. The number of guanidine groups is 1. The van der Waals surface area contributed by atoms with E-state index in [9.17, 15) is 0 Å². The van der Waals surface area contributed by atoms with Crippen molar-refractivity contribution < 1.29 is 4.74 Å². The maximum Gasteiger partial charge on any atom is 0.191 e. The number of aliphatic imine (C=N–C) groups is 1. The second-order valence-electron chi connectivity index (χ2n) is 4.65. The number of nitrogens with zero attached hydrogens (tertiary/aromatic N) is 1. The molecule has 20 heavy (non-hydrogen) atoms. The highest BCUT2D eigenvalue weighted by molar-refractivity contribution is 5.79. The van der Waals surface area contributed by atoms with Crippen LogP contribution in [0.2, 0.25) is 0 Å². The third kappa shape index (κ3) is 5.51. The summed E-state index contributed by atoms with van der Waals surface area (Å²) in [7, 11) is 0. The minimum Gasteiger partial charge on any atom is -0.494 e. The molecule has 2 N–H and O–H groups in total. The van der Waals surface area contributed by atoms with Crippen LogP contribution in [0, 0.1) is 6.92 Å². The highest BCUT2D eigenvalue weighted by Crippen LogP contribution is 2.19. The molecule has 0 saturated heterocycles. The van der Waals surface area contributed by atoms with Crippen LogP contribution < -0.4 is 15.4 Å². The van der Waals surface area contributed by atoms with Gasteiger partial charge in [0.15, 0.2) is 5.96 Å². The molecule has 0 amide bonds. The molecule has 0 aliphatic carbocycles. The van der Waals surface area contributed by atoms with E-state index in [1.165, 1.54) is 5.56 Å². The molecule has 1 aromatic rings. The molecule has 0 bridgehead atoms. The minimum absolute atomic E-state index is 0.673. The Kier molecular flexibility index (Phi) is 7.55. The number of ether oxygens (including phenoxy) is 1. The predicted octanol–water partition coefficient (Wildman–Crippen LogP) is 2.86. The highest BCUT2D eigenvalue weighted by atomic mass is 16.5. The van der Waals surface area contributed by atoms with Crippen LogP contribution in [0.5, 0.6) is 5.75 Å². The molecule has 0 heterocycles. The van der Waals surface area contributed by atoms with Crippen LogP contribution in [0.25, 0.3) is 0 Å². The van der Waals surface area contributed by atoms with E-state index in [4.69, 9.17) is 4.74 Å². The van der Waals surface area contributed by atoms with Gasteiger partial charge in [-0.15, -0.1) is 0 Å². The second kappa shape index (κ2) is 9.23. The van der Waals surface area contributed by atoms with E-state index >= 15 is 0 Å². The monoisotopic (exact) mass is 277 g/mol. The van der Waals surface area contributed by atoms with Gasteiger partial charge in [-0.1, -0.05) is 19.1 Å². The van der Waals surface area contributed by atoms with Crippen molar-refractivity contribution in [3.05, 3.63) is 29.3 Å². The lowest BCUT2D eigenvalue weighted by Gasteiger charge is -2.11. The van der Waals surface area contributed by atoms with Crippen molar-refractivity contribution in [1.29, 1.82) is 0 Å². The Morgan fingerprint density at radius 2 is 2.00 bits per heavy atom. The Hall–Kier alpha value is -1.71. The van der Waals surface area contributed by atoms with Crippen molar-refractivity contribution in [2.45, 2.75) is 40.7 Å².